The van der Waals surface area contributed by atoms with Crippen molar-refractivity contribution in [1.29, 1.82) is 0 Å². The average Bonchev–Trinajstić information content (AvgIpc) is 2.89. The van der Waals surface area contributed by atoms with Gasteiger partial charge in [-0.2, -0.15) is 0 Å². The van der Waals surface area contributed by atoms with Crippen LogP contribution in [0.25, 0.3) is 11.0 Å². The second-order valence-corrected chi connectivity index (χ2v) is 5.19. The van der Waals surface area contributed by atoms with Gasteiger partial charge in [0.05, 0.1) is 11.0 Å². The van der Waals surface area contributed by atoms with Crippen LogP contribution in [0.1, 0.15) is 6.42 Å². The number of fused-ring (bicyclic) bond motifs is 1. The molecule has 1 atom stereocenters. The van der Waals surface area contributed by atoms with Crippen molar-refractivity contribution >= 4 is 38.6 Å². The predicted molar refractivity (Wildman–Crippen MR) is 73.2 cm³/mol. The minimum Gasteiger partial charge on any atom is -0.312 e. The Bertz CT molecular complexity index is 661. The smallest absolute Gasteiger partial charge is 0.312 e. The summed E-state index contributed by atoms with van der Waals surface area (Å²) in [5.41, 5.74) is 2.10. The first-order chi connectivity index (χ1) is 8.67. The van der Waals surface area contributed by atoms with E-state index in [9.17, 15) is 9.59 Å². The minimum atomic E-state index is -0.228. The maximum Gasteiger partial charge on any atom is 0.323 e. The second kappa shape index (κ2) is 4.28. The average molecular weight is 310 g/mol. The molecule has 0 radical (unpaired) electrons. The number of amides is 1. The number of H-pyrrole nitrogens is 2. The molecule has 0 saturated carbocycles. The first-order valence-corrected chi connectivity index (χ1v) is 6.88. The van der Waals surface area contributed by atoms with Crippen LogP contribution in [0.4, 0.5) is 5.69 Å². The van der Waals surface area contributed by atoms with Crippen LogP contribution < -0.4 is 10.6 Å². The summed E-state index contributed by atoms with van der Waals surface area (Å²) in [4.78, 5) is 30.3. The molecular weight excluding hydrogens is 298 g/mol. The van der Waals surface area contributed by atoms with E-state index in [-0.39, 0.29) is 11.6 Å². The van der Waals surface area contributed by atoms with Gasteiger partial charge in [0, 0.05) is 24.0 Å². The van der Waals surface area contributed by atoms with E-state index in [4.69, 9.17) is 0 Å². The zero-order chi connectivity index (χ0) is 12.7. The topological polar surface area (TPSA) is 69.0 Å². The molecule has 2 aromatic rings. The molecule has 18 heavy (non-hydrogen) atoms. The second-order valence-electron chi connectivity index (χ2n) is 4.54. The number of nitrogens with one attached hydrogen (secondary N) is 2. The van der Waals surface area contributed by atoms with Gasteiger partial charge >= 0.3 is 5.69 Å². The van der Waals surface area contributed by atoms with Crippen LogP contribution in [0.3, 0.4) is 0 Å². The van der Waals surface area contributed by atoms with Gasteiger partial charge in [0.1, 0.15) is 0 Å². The van der Waals surface area contributed by atoms with Crippen molar-refractivity contribution in [1.82, 2.24) is 9.97 Å². The number of anilines is 1. The van der Waals surface area contributed by atoms with E-state index >= 15 is 0 Å². The molecule has 1 fully saturated rings. The van der Waals surface area contributed by atoms with Crippen molar-refractivity contribution in [3.8, 4) is 0 Å². The standard InChI is InChI=1S/C12H12BrN3O2/c13-5-7-3-11(17)16(6-7)8-1-2-9-10(4-8)15-12(18)14-9/h1-2,4,7H,3,5-6H2,(H2,14,15,18). The lowest BCUT2D eigenvalue weighted by Crippen LogP contribution is -2.24. The number of rotatable bonds is 2. The summed E-state index contributed by atoms with van der Waals surface area (Å²) in [7, 11) is 0. The van der Waals surface area contributed by atoms with Crippen LogP contribution in [0, 0.1) is 5.92 Å². The Morgan fingerprint density at radius 2 is 2.06 bits per heavy atom. The van der Waals surface area contributed by atoms with Crippen LogP contribution in [0.15, 0.2) is 23.0 Å². The van der Waals surface area contributed by atoms with E-state index in [2.05, 4.69) is 25.9 Å². The molecule has 5 nitrogen and oxygen atoms in total. The number of imidazole rings is 1. The molecule has 1 aromatic carbocycles. The maximum atomic E-state index is 11.9. The molecule has 2 N–H and O–H groups in total. The molecule has 6 heteroatoms. The molecule has 1 amide bonds. The summed E-state index contributed by atoms with van der Waals surface area (Å²) < 4.78 is 0. The molecule has 94 valence electrons. The molecule has 3 rings (SSSR count). The monoisotopic (exact) mass is 309 g/mol. The molecular formula is C12H12BrN3O2. The highest BCUT2D eigenvalue weighted by molar-refractivity contribution is 9.09. The van der Waals surface area contributed by atoms with Gasteiger partial charge in [0.25, 0.3) is 0 Å². The van der Waals surface area contributed by atoms with Gasteiger partial charge < -0.3 is 14.9 Å². The number of alkyl halides is 1. The lowest BCUT2D eigenvalue weighted by Gasteiger charge is -2.16. The summed E-state index contributed by atoms with van der Waals surface area (Å²) in [5.74, 6) is 0.496. The zero-order valence-corrected chi connectivity index (χ0v) is 11.2. The third-order valence-electron chi connectivity index (χ3n) is 3.23. The number of nitrogens with zero attached hydrogens (tertiary/aromatic N) is 1. The normalized spacial score (nSPS) is 19.9. The van der Waals surface area contributed by atoms with E-state index in [0.717, 1.165) is 28.6 Å². The van der Waals surface area contributed by atoms with E-state index in [1.54, 1.807) is 4.90 Å². The van der Waals surface area contributed by atoms with Gasteiger partial charge in [-0.05, 0) is 24.1 Å². The van der Waals surface area contributed by atoms with E-state index in [1.165, 1.54) is 0 Å². The number of carbonyl (C=O) groups is 1. The number of benzene rings is 1. The summed E-state index contributed by atoms with van der Waals surface area (Å²) in [6, 6.07) is 5.51. The molecule has 0 aliphatic carbocycles. The molecule has 1 aliphatic heterocycles. The molecule has 0 spiro atoms. The highest BCUT2D eigenvalue weighted by atomic mass is 79.9. The zero-order valence-electron chi connectivity index (χ0n) is 9.57. The number of aromatic amines is 2. The van der Waals surface area contributed by atoms with Crippen LogP contribution in [0.2, 0.25) is 0 Å². The fraction of sp³-hybridized carbons (Fsp3) is 0.333. The third kappa shape index (κ3) is 1.86. The highest BCUT2D eigenvalue weighted by Crippen LogP contribution is 2.27. The van der Waals surface area contributed by atoms with Crippen LogP contribution in [0.5, 0.6) is 0 Å². The number of halogens is 1. The van der Waals surface area contributed by atoms with Gasteiger partial charge in [0.2, 0.25) is 5.91 Å². The van der Waals surface area contributed by atoms with Gasteiger partial charge in [-0.15, -0.1) is 0 Å². The molecule has 1 saturated heterocycles. The number of aromatic nitrogens is 2. The van der Waals surface area contributed by atoms with Crippen molar-refractivity contribution in [2.45, 2.75) is 6.42 Å². The van der Waals surface area contributed by atoms with E-state index < -0.39 is 0 Å². The summed E-state index contributed by atoms with van der Waals surface area (Å²) >= 11 is 3.42. The Balaban J connectivity index is 1.99. The van der Waals surface area contributed by atoms with Crippen LogP contribution in [-0.4, -0.2) is 27.7 Å². The molecule has 1 unspecified atom stereocenters. The van der Waals surface area contributed by atoms with Gasteiger partial charge in [0.15, 0.2) is 0 Å². The van der Waals surface area contributed by atoms with Crippen molar-refractivity contribution in [2.24, 2.45) is 5.92 Å². The fourth-order valence-electron chi connectivity index (χ4n) is 2.32. The Hall–Kier alpha value is -1.56. The van der Waals surface area contributed by atoms with Crippen molar-refractivity contribution in [3.63, 3.8) is 0 Å². The van der Waals surface area contributed by atoms with Gasteiger partial charge in [-0.3, -0.25) is 4.79 Å². The highest BCUT2D eigenvalue weighted by Gasteiger charge is 2.29. The van der Waals surface area contributed by atoms with E-state index in [0.29, 0.717) is 12.3 Å². The van der Waals surface area contributed by atoms with Crippen molar-refractivity contribution in [3.05, 3.63) is 28.7 Å². The van der Waals surface area contributed by atoms with Crippen LogP contribution in [-0.2, 0) is 4.79 Å². The molecule has 1 aromatic heterocycles. The quantitative estimate of drug-likeness (QED) is 0.827. The third-order valence-corrected chi connectivity index (χ3v) is 4.15. The van der Waals surface area contributed by atoms with Crippen molar-refractivity contribution in [2.75, 3.05) is 16.8 Å². The minimum absolute atomic E-state index is 0.136. The lowest BCUT2D eigenvalue weighted by atomic mass is 10.2. The van der Waals surface area contributed by atoms with Crippen molar-refractivity contribution < 1.29 is 4.79 Å². The number of hydrogen-bond donors (Lipinski definition) is 2. The predicted octanol–water partition coefficient (Wildman–Crippen LogP) is 1.60. The Labute approximate surface area is 111 Å². The fourth-order valence-corrected chi connectivity index (χ4v) is 2.76. The Kier molecular flexibility index (Phi) is 2.74. The first-order valence-electron chi connectivity index (χ1n) is 5.76. The molecule has 0 bridgehead atoms. The maximum absolute atomic E-state index is 11.9. The summed E-state index contributed by atoms with van der Waals surface area (Å²) in [5, 5.41) is 0.832. The van der Waals surface area contributed by atoms with Gasteiger partial charge in [-0.1, -0.05) is 15.9 Å². The lowest BCUT2D eigenvalue weighted by molar-refractivity contribution is -0.117. The van der Waals surface area contributed by atoms with Crippen LogP contribution >= 0.6 is 15.9 Å². The summed E-state index contributed by atoms with van der Waals surface area (Å²) in [6.45, 7) is 0.726. The number of carbonyl (C=O) groups excluding carboxylic acids is 1. The van der Waals surface area contributed by atoms with Gasteiger partial charge in [-0.25, -0.2) is 4.79 Å². The van der Waals surface area contributed by atoms with E-state index in [1.807, 2.05) is 18.2 Å². The Morgan fingerprint density at radius 3 is 2.78 bits per heavy atom. The SMILES string of the molecule is O=C1CC(CBr)CN1c1ccc2[nH]c(=O)[nH]c2c1. The number of hydrogen-bond acceptors (Lipinski definition) is 2. The summed E-state index contributed by atoms with van der Waals surface area (Å²) in [6.07, 6.45) is 0.576. The largest absolute Gasteiger partial charge is 0.323 e. The molecule has 1 aliphatic rings. The molecule has 2 heterocycles. The Morgan fingerprint density at radius 1 is 1.28 bits per heavy atom. The first kappa shape index (κ1) is 11.5.